The molecule has 156 valence electrons. The normalized spacial score (nSPS) is 14.4. The standard InChI is InChI=1S/C24H29N5O/c1-16-4-5-20(14-17(16)2)27-23-18(3)15-26-24(29-23)28-19-6-8-21(9-7-19)30-22-10-12-25-13-11-22/h4-9,14-15,22,25H,10-13H2,1-3H3,(H2,26,27,28,29). The van der Waals surface area contributed by atoms with Crippen molar-refractivity contribution < 1.29 is 4.74 Å². The molecule has 1 aromatic heterocycles. The van der Waals surface area contributed by atoms with E-state index in [0.29, 0.717) is 12.1 Å². The van der Waals surface area contributed by atoms with Gasteiger partial charge in [-0.25, -0.2) is 4.98 Å². The number of aromatic nitrogens is 2. The highest BCUT2D eigenvalue weighted by Gasteiger charge is 2.14. The minimum absolute atomic E-state index is 0.296. The molecule has 3 aromatic rings. The minimum Gasteiger partial charge on any atom is -0.490 e. The number of anilines is 4. The molecule has 0 saturated carbocycles. The van der Waals surface area contributed by atoms with Gasteiger partial charge in [-0.1, -0.05) is 6.07 Å². The van der Waals surface area contributed by atoms with Crippen molar-refractivity contribution in [1.29, 1.82) is 0 Å². The molecule has 0 spiro atoms. The number of nitrogens with one attached hydrogen (secondary N) is 3. The molecule has 4 rings (SSSR count). The van der Waals surface area contributed by atoms with Crippen molar-refractivity contribution >= 4 is 23.1 Å². The molecule has 2 aromatic carbocycles. The van der Waals surface area contributed by atoms with E-state index in [1.54, 1.807) is 0 Å². The third-order valence-corrected chi connectivity index (χ3v) is 5.44. The molecule has 30 heavy (non-hydrogen) atoms. The maximum absolute atomic E-state index is 6.07. The third kappa shape index (κ3) is 5.07. The molecular formula is C24H29N5O. The SMILES string of the molecule is Cc1ccc(Nc2nc(Nc3ccc(OC4CCNCC4)cc3)ncc2C)cc1C. The van der Waals surface area contributed by atoms with E-state index < -0.39 is 0 Å². The molecule has 0 bridgehead atoms. The summed E-state index contributed by atoms with van der Waals surface area (Å²) in [6.07, 6.45) is 4.22. The second-order valence-corrected chi connectivity index (χ2v) is 7.87. The molecule has 1 fully saturated rings. The maximum Gasteiger partial charge on any atom is 0.229 e. The van der Waals surface area contributed by atoms with E-state index in [9.17, 15) is 0 Å². The van der Waals surface area contributed by atoms with Gasteiger partial charge in [-0.15, -0.1) is 0 Å². The van der Waals surface area contributed by atoms with E-state index in [-0.39, 0.29) is 0 Å². The number of nitrogens with zero attached hydrogens (tertiary/aromatic N) is 2. The van der Waals surface area contributed by atoms with Gasteiger partial charge in [-0.3, -0.25) is 0 Å². The van der Waals surface area contributed by atoms with Crippen LogP contribution in [0.1, 0.15) is 29.5 Å². The summed E-state index contributed by atoms with van der Waals surface area (Å²) in [5.41, 5.74) is 5.45. The van der Waals surface area contributed by atoms with Gasteiger partial charge in [0.15, 0.2) is 0 Å². The molecule has 0 atom stereocenters. The average Bonchev–Trinajstić information content (AvgIpc) is 2.75. The molecule has 1 aliphatic heterocycles. The fourth-order valence-corrected chi connectivity index (χ4v) is 3.44. The van der Waals surface area contributed by atoms with Crippen molar-refractivity contribution in [2.24, 2.45) is 0 Å². The van der Waals surface area contributed by atoms with Gasteiger partial charge in [-0.2, -0.15) is 4.98 Å². The molecule has 0 radical (unpaired) electrons. The van der Waals surface area contributed by atoms with Gasteiger partial charge in [0.1, 0.15) is 17.7 Å². The van der Waals surface area contributed by atoms with Crippen LogP contribution < -0.4 is 20.7 Å². The van der Waals surface area contributed by atoms with Crippen LogP contribution in [0, 0.1) is 20.8 Å². The average molecular weight is 404 g/mol. The molecule has 3 N–H and O–H groups in total. The highest BCUT2D eigenvalue weighted by atomic mass is 16.5. The van der Waals surface area contributed by atoms with Gasteiger partial charge in [0.05, 0.1) is 0 Å². The van der Waals surface area contributed by atoms with Crippen molar-refractivity contribution in [3.63, 3.8) is 0 Å². The van der Waals surface area contributed by atoms with Gasteiger partial charge >= 0.3 is 0 Å². The zero-order chi connectivity index (χ0) is 20.9. The van der Waals surface area contributed by atoms with Gasteiger partial charge < -0.3 is 20.7 Å². The Morgan fingerprint density at radius 1 is 0.867 bits per heavy atom. The molecule has 1 aliphatic rings. The summed E-state index contributed by atoms with van der Waals surface area (Å²) in [5.74, 6) is 2.25. The Morgan fingerprint density at radius 3 is 2.33 bits per heavy atom. The smallest absolute Gasteiger partial charge is 0.229 e. The van der Waals surface area contributed by atoms with Crippen molar-refractivity contribution in [2.45, 2.75) is 39.7 Å². The van der Waals surface area contributed by atoms with E-state index in [1.807, 2.05) is 37.4 Å². The van der Waals surface area contributed by atoms with E-state index in [1.165, 1.54) is 11.1 Å². The number of benzene rings is 2. The Labute approximate surface area is 178 Å². The van der Waals surface area contributed by atoms with Gasteiger partial charge in [0.25, 0.3) is 0 Å². The van der Waals surface area contributed by atoms with Crippen LogP contribution in [0.3, 0.4) is 0 Å². The van der Waals surface area contributed by atoms with Gasteiger partial charge in [-0.05, 0) is 94.2 Å². The number of hydrogen-bond donors (Lipinski definition) is 3. The van der Waals surface area contributed by atoms with Crippen LogP contribution in [0.5, 0.6) is 5.75 Å². The predicted octanol–water partition coefficient (Wildman–Crippen LogP) is 5.02. The third-order valence-electron chi connectivity index (χ3n) is 5.44. The Bertz CT molecular complexity index is 997. The first kappa shape index (κ1) is 20.2. The van der Waals surface area contributed by atoms with Crippen LogP contribution in [0.2, 0.25) is 0 Å². The number of rotatable bonds is 6. The van der Waals surface area contributed by atoms with Crippen LogP contribution in [0.25, 0.3) is 0 Å². The Balaban J connectivity index is 1.42. The number of piperidine rings is 1. The molecule has 0 aliphatic carbocycles. The fraction of sp³-hybridized carbons (Fsp3) is 0.333. The lowest BCUT2D eigenvalue weighted by molar-refractivity contribution is 0.162. The summed E-state index contributed by atoms with van der Waals surface area (Å²) < 4.78 is 6.07. The summed E-state index contributed by atoms with van der Waals surface area (Å²) in [7, 11) is 0. The first-order valence-corrected chi connectivity index (χ1v) is 10.5. The quantitative estimate of drug-likeness (QED) is 0.537. The summed E-state index contributed by atoms with van der Waals surface area (Å²) in [6.45, 7) is 8.26. The molecule has 0 unspecified atom stereocenters. The summed E-state index contributed by atoms with van der Waals surface area (Å²) in [4.78, 5) is 9.08. The van der Waals surface area contributed by atoms with E-state index in [4.69, 9.17) is 4.74 Å². The Morgan fingerprint density at radius 2 is 1.60 bits per heavy atom. The monoisotopic (exact) mass is 403 g/mol. The Kier molecular flexibility index (Phi) is 6.14. The molecule has 0 amide bonds. The van der Waals surface area contributed by atoms with Crippen LogP contribution >= 0.6 is 0 Å². The number of aryl methyl sites for hydroxylation is 3. The zero-order valence-corrected chi connectivity index (χ0v) is 17.8. The lowest BCUT2D eigenvalue weighted by atomic mass is 10.1. The highest BCUT2D eigenvalue weighted by Crippen LogP contribution is 2.24. The van der Waals surface area contributed by atoms with Crippen LogP contribution in [-0.4, -0.2) is 29.2 Å². The number of ether oxygens (including phenoxy) is 1. The topological polar surface area (TPSA) is 71.1 Å². The molecule has 1 saturated heterocycles. The van der Waals surface area contributed by atoms with E-state index in [0.717, 1.165) is 54.4 Å². The van der Waals surface area contributed by atoms with Gasteiger partial charge in [0.2, 0.25) is 5.95 Å². The first-order chi connectivity index (χ1) is 14.6. The van der Waals surface area contributed by atoms with Crippen LogP contribution in [0.15, 0.2) is 48.7 Å². The summed E-state index contributed by atoms with van der Waals surface area (Å²) in [6, 6.07) is 14.3. The molecule has 2 heterocycles. The summed E-state index contributed by atoms with van der Waals surface area (Å²) in [5, 5.41) is 10.0. The molecular weight excluding hydrogens is 374 g/mol. The van der Waals surface area contributed by atoms with E-state index >= 15 is 0 Å². The van der Waals surface area contributed by atoms with Crippen molar-refractivity contribution in [3.05, 3.63) is 65.4 Å². The zero-order valence-electron chi connectivity index (χ0n) is 17.8. The molecule has 6 nitrogen and oxygen atoms in total. The van der Waals surface area contributed by atoms with Crippen molar-refractivity contribution in [3.8, 4) is 5.75 Å². The predicted molar refractivity (Wildman–Crippen MR) is 122 cm³/mol. The maximum atomic E-state index is 6.07. The lowest BCUT2D eigenvalue weighted by Gasteiger charge is -2.23. The Hall–Kier alpha value is -3.12. The highest BCUT2D eigenvalue weighted by molar-refractivity contribution is 5.63. The second kappa shape index (κ2) is 9.13. The van der Waals surface area contributed by atoms with Crippen LogP contribution in [0.4, 0.5) is 23.1 Å². The minimum atomic E-state index is 0.296. The first-order valence-electron chi connectivity index (χ1n) is 10.5. The van der Waals surface area contributed by atoms with Crippen molar-refractivity contribution in [2.75, 3.05) is 23.7 Å². The van der Waals surface area contributed by atoms with E-state index in [2.05, 4.69) is 58.0 Å². The lowest BCUT2D eigenvalue weighted by Crippen LogP contribution is -2.34. The number of hydrogen-bond acceptors (Lipinski definition) is 6. The second-order valence-electron chi connectivity index (χ2n) is 7.87. The largest absolute Gasteiger partial charge is 0.490 e. The van der Waals surface area contributed by atoms with Gasteiger partial charge in [0, 0.05) is 23.1 Å². The molecule has 6 heteroatoms. The van der Waals surface area contributed by atoms with Crippen LogP contribution in [-0.2, 0) is 0 Å². The summed E-state index contributed by atoms with van der Waals surface area (Å²) >= 11 is 0. The van der Waals surface area contributed by atoms with Crippen molar-refractivity contribution in [1.82, 2.24) is 15.3 Å². The fourth-order valence-electron chi connectivity index (χ4n) is 3.44.